The number of hydrogen-bond acceptors (Lipinski definition) is 2. The number of ether oxygens (including phenoxy) is 1. The Morgan fingerprint density at radius 3 is 1.92 bits per heavy atom. The third-order valence-electron chi connectivity index (χ3n) is 2.93. The largest absolute Gasteiger partial charge is 2.00 e. The number of halogens is 3. The summed E-state index contributed by atoms with van der Waals surface area (Å²) >= 11 is 0. The summed E-state index contributed by atoms with van der Waals surface area (Å²) in [4.78, 5) is 0. The van der Waals surface area contributed by atoms with E-state index in [1.54, 1.807) is 13.0 Å². The van der Waals surface area contributed by atoms with Gasteiger partial charge in [0.2, 0.25) is 0 Å². The Labute approximate surface area is 181 Å². The molecule has 1 N–H and O–H groups in total. The van der Waals surface area contributed by atoms with Crippen LogP contribution in [-0.4, -0.2) is 18.3 Å². The monoisotopic (exact) mass is 600 g/mol. The van der Waals surface area contributed by atoms with Crippen molar-refractivity contribution in [2.45, 2.75) is 65.5 Å². The SMILES string of the molecule is CCCOc1cc(C(C)CO)cc(C(F)(F)F)c1.[CH2-]CC.[CH2-]CCC.[U+2]. The van der Waals surface area contributed by atoms with Gasteiger partial charge >= 0.3 is 37.3 Å². The molecule has 0 fully saturated rings. The number of benzene rings is 1. The van der Waals surface area contributed by atoms with Gasteiger partial charge in [0.15, 0.2) is 0 Å². The molecule has 0 amide bonds. The van der Waals surface area contributed by atoms with Crippen molar-refractivity contribution in [2.75, 3.05) is 13.2 Å². The second-order valence-electron chi connectivity index (χ2n) is 5.57. The average Bonchev–Trinajstić information content (AvgIpc) is 2.59. The molecule has 0 bridgehead atoms. The number of hydrogen-bond donors (Lipinski definition) is 1. The topological polar surface area (TPSA) is 29.5 Å². The predicted molar refractivity (Wildman–Crippen MR) is 98.6 cm³/mol. The molecule has 1 aromatic rings. The first-order valence-corrected chi connectivity index (χ1v) is 8.75. The van der Waals surface area contributed by atoms with Gasteiger partial charge in [0.25, 0.3) is 0 Å². The van der Waals surface area contributed by atoms with Crippen LogP contribution in [-0.2, 0) is 6.18 Å². The zero-order chi connectivity index (χ0) is 19.9. The molecule has 1 unspecified atom stereocenters. The van der Waals surface area contributed by atoms with E-state index in [2.05, 4.69) is 20.8 Å². The van der Waals surface area contributed by atoms with Crippen LogP contribution >= 0.6 is 0 Å². The molecule has 0 aromatic heterocycles. The molecule has 2 nitrogen and oxygen atoms in total. The van der Waals surface area contributed by atoms with Gasteiger partial charge in [0.05, 0.1) is 12.2 Å². The molecule has 1 aromatic carbocycles. The molecule has 0 heterocycles. The number of aliphatic hydroxyl groups excluding tert-OH is 1. The zero-order valence-corrected chi connectivity index (χ0v) is 20.6. The summed E-state index contributed by atoms with van der Waals surface area (Å²) in [6, 6.07) is 3.59. The average molecular weight is 601 g/mol. The molecule has 0 aliphatic heterocycles. The normalized spacial score (nSPS) is 11.2. The van der Waals surface area contributed by atoms with E-state index in [-0.39, 0.29) is 49.4 Å². The fourth-order valence-corrected chi connectivity index (χ4v) is 1.48. The molecule has 0 spiro atoms. The maximum atomic E-state index is 12.7. The van der Waals surface area contributed by atoms with Gasteiger partial charge in [-0.05, 0) is 30.2 Å². The Morgan fingerprint density at radius 2 is 1.58 bits per heavy atom. The molecule has 1 atom stereocenters. The van der Waals surface area contributed by atoms with E-state index >= 15 is 0 Å². The maximum absolute atomic E-state index is 12.7. The van der Waals surface area contributed by atoms with E-state index < -0.39 is 11.7 Å². The van der Waals surface area contributed by atoms with Gasteiger partial charge in [-0.25, -0.2) is 0 Å². The van der Waals surface area contributed by atoms with Crippen LogP contribution in [0, 0.1) is 45.0 Å². The number of alkyl halides is 3. The smallest absolute Gasteiger partial charge is 0.494 e. The van der Waals surface area contributed by atoms with Crippen LogP contribution in [0.1, 0.15) is 70.4 Å². The Bertz CT molecular complexity index is 436. The first-order valence-electron chi connectivity index (χ1n) is 8.75. The predicted octanol–water partition coefficient (Wildman–Crippen LogP) is 6.44. The summed E-state index contributed by atoms with van der Waals surface area (Å²) < 4.78 is 43.4. The van der Waals surface area contributed by atoms with Crippen molar-refractivity contribution >= 4 is 0 Å². The van der Waals surface area contributed by atoms with Gasteiger partial charge in [-0.2, -0.15) is 26.0 Å². The van der Waals surface area contributed by atoms with Crippen molar-refractivity contribution in [3.63, 3.8) is 0 Å². The molecule has 6 heteroatoms. The van der Waals surface area contributed by atoms with Gasteiger partial charge in [0, 0.05) is 12.5 Å². The van der Waals surface area contributed by atoms with Gasteiger partial charge < -0.3 is 23.7 Å². The van der Waals surface area contributed by atoms with Crippen molar-refractivity contribution in [3.05, 3.63) is 43.2 Å². The Hall–Kier alpha value is -0.178. The van der Waals surface area contributed by atoms with Crippen molar-refractivity contribution < 1.29 is 54.1 Å². The molecule has 0 saturated heterocycles. The van der Waals surface area contributed by atoms with Gasteiger partial charge in [0.1, 0.15) is 5.75 Å². The van der Waals surface area contributed by atoms with Gasteiger partial charge in [-0.3, -0.25) is 0 Å². The van der Waals surface area contributed by atoms with Gasteiger partial charge in [-0.1, -0.05) is 34.1 Å². The minimum absolute atomic E-state index is 0. The summed E-state index contributed by atoms with van der Waals surface area (Å²) in [7, 11) is 0. The molecule has 1 rings (SSSR count). The first-order chi connectivity index (χ1) is 11.7. The van der Waals surface area contributed by atoms with Crippen LogP contribution in [0.5, 0.6) is 5.75 Å². The van der Waals surface area contributed by atoms with Crippen molar-refractivity contribution in [1.29, 1.82) is 0 Å². The van der Waals surface area contributed by atoms with Crippen LogP contribution in [0.4, 0.5) is 13.2 Å². The zero-order valence-electron chi connectivity index (χ0n) is 16.5. The molecule has 0 radical (unpaired) electrons. The Morgan fingerprint density at radius 1 is 1.08 bits per heavy atom. The van der Waals surface area contributed by atoms with Crippen LogP contribution in [0.25, 0.3) is 0 Å². The van der Waals surface area contributed by atoms with E-state index in [9.17, 15) is 13.2 Å². The third-order valence-corrected chi connectivity index (χ3v) is 2.93. The maximum Gasteiger partial charge on any atom is 2.00 e. The van der Waals surface area contributed by atoms with E-state index in [1.807, 2.05) is 13.8 Å². The van der Waals surface area contributed by atoms with Crippen molar-refractivity contribution in [2.24, 2.45) is 0 Å². The minimum atomic E-state index is -4.41. The molecule has 0 aliphatic rings. The summed E-state index contributed by atoms with van der Waals surface area (Å²) in [5, 5.41) is 9.03. The second kappa shape index (κ2) is 18.2. The van der Waals surface area contributed by atoms with Crippen LogP contribution in [0.3, 0.4) is 0 Å². The molecule has 150 valence electrons. The summed E-state index contributed by atoms with van der Waals surface area (Å²) in [5.74, 6) is -0.154. The minimum Gasteiger partial charge on any atom is -0.494 e. The van der Waals surface area contributed by atoms with E-state index in [0.717, 1.165) is 31.4 Å². The Balaban J connectivity index is -0.000000569. The van der Waals surface area contributed by atoms with E-state index in [1.165, 1.54) is 6.42 Å². The fraction of sp³-hybridized carbons (Fsp3) is 0.600. The third kappa shape index (κ3) is 14.9. The second-order valence-corrected chi connectivity index (χ2v) is 5.57. The summed E-state index contributed by atoms with van der Waals surface area (Å²) in [6.45, 7) is 14.9. The van der Waals surface area contributed by atoms with Crippen LogP contribution in [0.15, 0.2) is 18.2 Å². The first kappa shape index (κ1) is 30.5. The van der Waals surface area contributed by atoms with Crippen molar-refractivity contribution in [1.82, 2.24) is 0 Å². The number of rotatable bonds is 6. The molecule has 0 aliphatic carbocycles. The summed E-state index contributed by atoms with van der Waals surface area (Å²) in [5.41, 5.74) is -0.315. The standard InChI is InChI=1S/C13H17F3O2.C4H9.C3H7.U/c1-3-4-18-12-6-10(9(2)8-17)5-11(7-12)13(14,15)16;1-3-4-2;1-3-2;/h5-7,9,17H,3-4,8H2,1-2H3;1,3-4H2,2H3;1,3H2,2H3;/q;2*-1;+2. The fourth-order valence-electron chi connectivity index (χ4n) is 1.48. The van der Waals surface area contributed by atoms with Crippen molar-refractivity contribution in [3.8, 4) is 5.75 Å². The number of unbranched alkanes of at least 4 members (excludes halogenated alkanes) is 1. The van der Waals surface area contributed by atoms with Crippen LogP contribution in [0.2, 0.25) is 0 Å². The number of aliphatic hydroxyl groups is 1. The molecule has 0 saturated carbocycles. The summed E-state index contributed by atoms with van der Waals surface area (Å²) in [6.07, 6.45) is -0.406. The quantitative estimate of drug-likeness (QED) is 0.381. The molecular weight excluding hydrogens is 567 g/mol. The van der Waals surface area contributed by atoms with E-state index in [4.69, 9.17) is 9.84 Å². The van der Waals surface area contributed by atoms with Crippen LogP contribution < -0.4 is 4.74 Å². The van der Waals surface area contributed by atoms with Gasteiger partial charge in [-0.15, -0.1) is 0 Å². The Kier molecular flexibility index (Phi) is 21.4. The van der Waals surface area contributed by atoms with E-state index in [0.29, 0.717) is 12.2 Å². The molecular formula is C20H33F3O2U. The molecule has 26 heavy (non-hydrogen) atoms.